The Balaban J connectivity index is 2.22. The molecule has 108 valence electrons. The van der Waals surface area contributed by atoms with Crippen molar-refractivity contribution in [3.05, 3.63) is 107 Å². The van der Waals surface area contributed by atoms with Crippen molar-refractivity contribution in [1.29, 1.82) is 0 Å². The van der Waals surface area contributed by atoms with Crippen LogP contribution in [0, 0.1) is 13.8 Å². The van der Waals surface area contributed by atoms with E-state index in [1.54, 1.807) is 0 Å². The van der Waals surface area contributed by atoms with Gasteiger partial charge in [-0.2, -0.15) is 0 Å². The van der Waals surface area contributed by atoms with Crippen molar-refractivity contribution < 1.29 is 0 Å². The molecule has 0 atom stereocenters. The summed E-state index contributed by atoms with van der Waals surface area (Å²) in [5.74, 6) is 0. The molecular weight excluding hydrogens is 264 g/mol. The smallest absolute Gasteiger partial charge is 0.0100 e. The van der Waals surface area contributed by atoms with Crippen LogP contribution in [0.5, 0.6) is 0 Å². The second-order valence-electron chi connectivity index (χ2n) is 5.60. The number of hydrogen-bond donors (Lipinski definition) is 0. The number of aryl methyl sites for hydroxylation is 2. The molecule has 0 N–H and O–H groups in total. The van der Waals surface area contributed by atoms with Crippen LogP contribution >= 0.6 is 0 Å². The third-order valence-corrected chi connectivity index (χ3v) is 3.98. The Morgan fingerprint density at radius 1 is 0.591 bits per heavy atom. The van der Waals surface area contributed by atoms with Crippen molar-refractivity contribution in [2.24, 2.45) is 0 Å². The first-order chi connectivity index (χ1) is 10.8. The molecule has 0 unspecified atom stereocenters. The van der Waals surface area contributed by atoms with Crippen LogP contribution in [0.1, 0.15) is 27.8 Å². The molecule has 0 radical (unpaired) electrons. The van der Waals surface area contributed by atoms with E-state index in [0.29, 0.717) is 0 Å². The van der Waals surface area contributed by atoms with Gasteiger partial charge in [-0.1, -0.05) is 78.9 Å². The fourth-order valence-electron chi connectivity index (χ4n) is 2.77. The van der Waals surface area contributed by atoms with Gasteiger partial charge in [0.05, 0.1) is 0 Å². The van der Waals surface area contributed by atoms with Crippen LogP contribution < -0.4 is 0 Å². The molecule has 0 aliphatic carbocycles. The topological polar surface area (TPSA) is 0 Å². The van der Waals surface area contributed by atoms with Gasteiger partial charge in [0.25, 0.3) is 0 Å². The maximum absolute atomic E-state index is 2.28. The molecule has 0 nitrogen and oxygen atoms in total. The van der Waals surface area contributed by atoms with E-state index in [-0.39, 0.29) is 0 Å². The fourth-order valence-corrected chi connectivity index (χ4v) is 2.77. The van der Waals surface area contributed by atoms with Crippen molar-refractivity contribution in [1.82, 2.24) is 0 Å². The van der Waals surface area contributed by atoms with Gasteiger partial charge >= 0.3 is 0 Å². The van der Waals surface area contributed by atoms with E-state index in [1.165, 1.54) is 33.4 Å². The van der Waals surface area contributed by atoms with Crippen LogP contribution in [-0.2, 0) is 0 Å². The Morgan fingerprint density at radius 3 is 1.55 bits per heavy atom. The molecule has 3 rings (SSSR count). The number of benzene rings is 3. The van der Waals surface area contributed by atoms with Gasteiger partial charge in [0.2, 0.25) is 0 Å². The summed E-state index contributed by atoms with van der Waals surface area (Å²) in [7, 11) is 0. The molecule has 0 amide bonds. The van der Waals surface area contributed by atoms with E-state index >= 15 is 0 Å². The van der Waals surface area contributed by atoms with Crippen LogP contribution in [-0.4, -0.2) is 0 Å². The molecule has 0 heteroatoms. The molecule has 0 saturated carbocycles. The minimum absolute atomic E-state index is 1.23. The van der Waals surface area contributed by atoms with E-state index in [4.69, 9.17) is 0 Å². The average molecular weight is 284 g/mol. The zero-order chi connectivity index (χ0) is 15.4. The Morgan fingerprint density at radius 2 is 1.05 bits per heavy atom. The van der Waals surface area contributed by atoms with Gasteiger partial charge < -0.3 is 0 Å². The predicted molar refractivity (Wildman–Crippen MR) is 95.8 cm³/mol. The molecule has 0 aliphatic rings. The maximum atomic E-state index is 2.28. The van der Waals surface area contributed by atoms with Gasteiger partial charge in [0.15, 0.2) is 0 Å². The molecule has 22 heavy (non-hydrogen) atoms. The van der Waals surface area contributed by atoms with E-state index in [1.807, 2.05) is 0 Å². The molecule has 0 fully saturated rings. The minimum atomic E-state index is 1.23. The van der Waals surface area contributed by atoms with E-state index < -0.39 is 0 Å². The summed E-state index contributed by atoms with van der Waals surface area (Å²) in [5, 5.41) is 0. The van der Waals surface area contributed by atoms with Crippen LogP contribution in [0.15, 0.2) is 78.9 Å². The van der Waals surface area contributed by atoms with Crippen LogP contribution in [0.2, 0.25) is 0 Å². The first kappa shape index (κ1) is 14.3. The van der Waals surface area contributed by atoms with Gasteiger partial charge in [-0.05, 0) is 53.3 Å². The van der Waals surface area contributed by atoms with Gasteiger partial charge in [-0.15, -0.1) is 0 Å². The summed E-state index contributed by atoms with van der Waals surface area (Å²) < 4.78 is 0. The quantitative estimate of drug-likeness (QED) is 0.526. The SMILES string of the molecule is Cc1ccccc1C(=Cc1ccccc1)c1ccccc1C. The van der Waals surface area contributed by atoms with Gasteiger partial charge in [-0.3, -0.25) is 0 Å². The summed E-state index contributed by atoms with van der Waals surface area (Å²) in [6.07, 6.45) is 2.28. The molecule has 0 saturated heterocycles. The highest BCUT2D eigenvalue weighted by atomic mass is 14.1. The monoisotopic (exact) mass is 284 g/mol. The summed E-state index contributed by atoms with van der Waals surface area (Å²) in [6, 6.07) is 27.7. The third-order valence-electron chi connectivity index (χ3n) is 3.98. The number of rotatable bonds is 3. The van der Waals surface area contributed by atoms with E-state index in [9.17, 15) is 0 Å². The summed E-state index contributed by atoms with van der Waals surface area (Å²) in [4.78, 5) is 0. The van der Waals surface area contributed by atoms with E-state index in [2.05, 4.69) is 98.8 Å². The molecule has 0 heterocycles. The zero-order valence-corrected chi connectivity index (χ0v) is 13.1. The summed E-state index contributed by atoms with van der Waals surface area (Å²) in [5.41, 5.74) is 7.69. The lowest BCUT2D eigenvalue weighted by atomic mass is 9.90. The Kier molecular flexibility index (Phi) is 4.20. The minimum Gasteiger partial charge on any atom is -0.0622 e. The highest BCUT2D eigenvalue weighted by molar-refractivity contribution is 5.93. The van der Waals surface area contributed by atoms with Crippen molar-refractivity contribution in [2.75, 3.05) is 0 Å². The van der Waals surface area contributed by atoms with E-state index in [0.717, 1.165) is 0 Å². The highest BCUT2D eigenvalue weighted by Gasteiger charge is 2.09. The second kappa shape index (κ2) is 6.44. The Bertz CT molecular complexity index is 748. The molecule has 3 aromatic carbocycles. The van der Waals surface area contributed by atoms with Gasteiger partial charge in [0, 0.05) is 0 Å². The standard InChI is InChI=1S/C22H20/c1-17-10-6-8-14-20(17)22(16-19-12-4-3-5-13-19)21-15-9-7-11-18(21)2/h3-16H,1-2H3. The normalized spacial score (nSPS) is 10.3. The maximum Gasteiger partial charge on any atom is -0.0100 e. The molecule has 0 bridgehead atoms. The molecule has 0 spiro atoms. The average Bonchev–Trinajstić information content (AvgIpc) is 2.55. The fraction of sp³-hybridized carbons (Fsp3) is 0.0909. The Hall–Kier alpha value is -2.60. The van der Waals surface area contributed by atoms with Crippen molar-refractivity contribution in [2.45, 2.75) is 13.8 Å². The van der Waals surface area contributed by atoms with Crippen molar-refractivity contribution >= 4 is 11.6 Å². The van der Waals surface area contributed by atoms with Crippen LogP contribution in [0.4, 0.5) is 0 Å². The first-order valence-electron chi connectivity index (χ1n) is 7.64. The lowest BCUT2D eigenvalue weighted by Crippen LogP contribution is -1.94. The van der Waals surface area contributed by atoms with Crippen LogP contribution in [0.25, 0.3) is 11.6 Å². The lowest BCUT2D eigenvalue weighted by molar-refractivity contribution is 1.38. The summed E-state index contributed by atoms with van der Waals surface area (Å²) >= 11 is 0. The highest BCUT2D eigenvalue weighted by Crippen LogP contribution is 2.30. The molecule has 0 aliphatic heterocycles. The van der Waals surface area contributed by atoms with Gasteiger partial charge in [-0.25, -0.2) is 0 Å². The Labute approximate surface area is 132 Å². The zero-order valence-electron chi connectivity index (χ0n) is 13.1. The third kappa shape index (κ3) is 3.01. The molecule has 0 aromatic heterocycles. The lowest BCUT2D eigenvalue weighted by Gasteiger charge is -2.14. The predicted octanol–water partition coefficient (Wildman–Crippen LogP) is 5.89. The molecule has 3 aromatic rings. The van der Waals surface area contributed by atoms with Crippen molar-refractivity contribution in [3.8, 4) is 0 Å². The number of hydrogen-bond acceptors (Lipinski definition) is 0. The summed E-state index contributed by atoms with van der Waals surface area (Å²) in [6.45, 7) is 4.35. The molecular formula is C22H20. The van der Waals surface area contributed by atoms with Gasteiger partial charge in [0.1, 0.15) is 0 Å². The first-order valence-corrected chi connectivity index (χ1v) is 7.64. The largest absolute Gasteiger partial charge is 0.0622 e. The van der Waals surface area contributed by atoms with Crippen molar-refractivity contribution in [3.63, 3.8) is 0 Å². The van der Waals surface area contributed by atoms with Crippen LogP contribution in [0.3, 0.4) is 0 Å². The second-order valence-corrected chi connectivity index (χ2v) is 5.60.